The van der Waals surface area contributed by atoms with E-state index in [0.717, 1.165) is 0 Å². The number of hydrogen-bond acceptors (Lipinski definition) is 3. The molecule has 31 heavy (non-hydrogen) atoms. The Morgan fingerprint density at radius 2 is 1.10 bits per heavy atom. The molecule has 0 unspecified atom stereocenters. The zero-order chi connectivity index (χ0) is 24.4. The van der Waals surface area contributed by atoms with Gasteiger partial charge in [-0.25, -0.2) is 13.4 Å². The van der Waals surface area contributed by atoms with Crippen LogP contribution in [0.25, 0.3) is 0 Å². The molecular weight excluding hydrogens is 469 g/mol. The second kappa shape index (κ2) is 11.9. The second-order valence-corrected chi connectivity index (χ2v) is 7.98. The van der Waals surface area contributed by atoms with E-state index < -0.39 is 52.7 Å². The van der Waals surface area contributed by atoms with E-state index in [2.05, 4.69) is 4.98 Å². The van der Waals surface area contributed by atoms with Gasteiger partial charge in [0.15, 0.2) is 22.5 Å². The maximum absolute atomic E-state index is 13.2. The van der Waals surface area contributed by atoms with Gasteiger partial charge in [0.05, 0.1) is 0 Å². The lowest BCUT2D eigenvalue weighted by Crippen LogP contribution is -2.57. The number of rotatable bonds is 11. The van der Waals surface area contributed by atoms with Gasteiger partial charge < -0.3 is 4.55 Å². The van der Waals surface area contributed by atoms with Crippen LogP contribution in [0.2, 0.25) is 0 Å². The minimum absolute atomic E-state index is 0.107. The van der Waals surface area contributed by atoms with Crippen LogP contribution in [0.3, 0.4) is 0 Å². The third kappa shape index (κ3) is 10.1. The van der Waals surface area contributed by atoms with E-state index in [4.69, 9.17) is 0 Å². The van der Waals surface area contributed by atoms with Gasteiger partial charge in [0.2, 0.25) is 0 Å². The minimum Gasteiger partial charge on any atom is -0.743 e. The van der Waals surface area contributed by atoms with Crippen molar-refractivity contribution in [1.82, 2.24) is 0 Å². The molecule has 1 rings (SSSR count). The first kappa shape index (κ1) is 29.4. The molecule has 0 aromatic carbocycles. The summed E-state index contributed by atoms with van der Waals surface area (Å²) in [6.45, 7) is 0. The highest BCUT2D eigenvalue weighted by Gasteiger charge is 2.74. The first-order chi connectivity index (χ1) is 14.0. The third-order valence-corrected chi connectivity index (χ3v) is 4.83. The van der Waals surface area contributed by atoms with E-state index in [1.807, 2.05) is 30.6 Å². The molecule has 0 aliphatic carbocycles. The summed E-state index contributed by atoms with van der Waals surface area (Å²) in [6, 6.07) is 5.86. The van der Waals surface area contributed by atoms with Crippen LogP contribution in [0.5, 0.6) is 0 Å². The Bertz CT molecular complexity index is 699. The number of pyridine rings is 1. The summed E-state index contributed by atoms with van der Waals surface area (Å²) in [7, 11) is -7.01. The molecule has 0 saturated carbocycles. The fraction of sp³-hybridized carbons (Fsp3) is 0.706. The van der Waals surface area contributed by atoms with E-state index in [1.54, 1.807) is 0 Å². The maximum atomic E-state index is 13.2. The molecule has 0 saturated heterocycles. The minimum atomic E-state index is -7.01. The predicted molar refractivity (Wildman–Crippen MR) is 90.5 cm³/mol. The lowest BCUT2D eigenvalue weighted by atomic mass is 10.0. The van der Waals surface area contributed by atoms with Crippen molar-refractivity contribution in [3.63, 3.8) is 0 Å². The molecule has 182 valence electrons. The van der Waals surface area contributed by atoms with Crippen molar-refractivity contribution < 1.29 is 57.5 Å². The van der Waals surface area contributed by atoms with Gasteiger partial charge in [-0.3, -0.25) is 0 Å². The molecule has 0 bridgehead atoms. The average Bonchev–Trinajstić information content (AvgIpc) is 2.63. The molecule has 0 radical (unpaired) electrons. The molecule has 1 aromatic rings. The summed E-state index contributed by atoms with van der Waals surface area (Å²) in [5.41, 5.74) is 0. The number of alkyl halides is 9. The van der Waals surface area contributed by atoms with Crippen LogP contribution in [0.1, 0.15) is 51.4 Å². The molecule has 1 N–H and O–H groups in total. The quantitative estimate of drug-likeness (QED) is 0.231. The lowest BCUT2D eigenvalue weighted by molar-refractivity contribution is -0.377. The fourth-order valence-corrected chi connectivity index (χ4v) is 2.71. The van der Waals surface area contributed by atoms with Gasteiger partial charge >= 0.3 is 23.3 Å². The maximum Gasteiger partial charge on any atom is 0.402 e. The van der Waals surface area contributed by atoms with Crippen molar-refractivity contribution in [3.8, 4) is 0 Å². The Balaban J connectivity index is 0.00000127. The Labute approximate surface area is 173 Å². The van der Waals surface area contributed by atoms with Crippen molar-refractivity contribution in [2.24, 2.45) is 0 Å². The zero-order valence-electron chi connectivity index (χ0n) is 16.1. The van der Waals surface area contributed by atoms with E-state index >= 15 is 0 Å². The number of H-pyrrole nitrogens is 1. The Kier molecular flexibility index (Phi) is 11.3. The third-order valence-electron chi connectivity index (χ3n) is 3.95. The standard InChI is InChI=1S/C12H17F9O3S.C5H5N/c13-9(14,11(18,19)12(20,21)25(22,23)24)7-5-3-1-2-4-6-8-10(15,16)17;1-2-4-6-5-3-1/h1-8H2,(H,22,23,24);1-5H. The Morgan fingerprint density at radius 3 is 1.42 bits per heavy atom. The predicted octanol–water partition coefficient (Wildman–Crippen LogP) is 5.58. The lowest BCUT2D eigenvalue weighted by Gasteiger charge is -2.33. The average molecular weight is 491 g/mol. The van der Waals surface area contributed by atoms with Crippen LogP contribution in [0, 0.1) is 0 Å². The summed E-state index contributed by atoms with van der Waals surface area (Å²) in [6.07, 6.45) is -4.00. The number of nitrogens with one attached hydrogen (secondary N) is 1. The number of aromatic nitrogens is 1. The molecule has 0 atom stereocenters. The number of halogens is 9. The largest absolute Gasteiger partial charge is 0.743 e. The van der Waals surface area contributed by atoms with Crippen molar-refractivity contribution >= 4 is 10.1 Å². The van der Waals surface area contributed by atoms with Crippen molar-refractivity contribution in [2.75, 3.05) is 0 Å². The van der Waals surface area contributed by atoms with E-state index in [9.17, 15) is 52.5 Å². The van der Waals surface area contributed by atoms with Crippen molar-refractivity contribution in [3.05, 3.63) is 30.6 Å². The summed E-state index contributed by atoms with van der Waals surface area (Å²) in [5, 5.41) is -6.47. The summed E-state index contributed by atoms with van der Waals surface area (Å²) >= 11 is 0. The highest BCUT2D eigenvalue weighted by molar-refractivity contribution is 7.86. The van der Waals surface area contributed by atoms with Gasteiger partial charge in [-0.05, 0) is 12.8 Å². The second-order valence-electron chi connectivity index (χ2n) is 6.56. The summed E-state index contributed by atoms with van der Waals surface area (Å²) in [4.78, 5) is 2.89. The number of hydrogen-bond donors (Lipinski definition) is 0. The molecule has 1 aromatic heterocycles. The Hall–Kier alpha value is -1.57. The molecule has 0 aliphatic rings. The Morgan fingerprint density at radius 1 is 0.677 bits per heavy atom. The van der Waals surface area contributed by atoms with E-state index in [-0.39, 0.29) is 32.1 Å². The zero-order valence-corrected chi connectivity index (χ0v) is 16.9. The highest BCUT2D eigenvalue weighted by atomic mass is 32.2. The van der Waals surface area contributed by atoms with Gasteiger partial charge in [0, 0.05) is 25.0 Å². The van der Waals surface area contributed by atoms with E-state index in [1.165, 1.54) is 0 Å². The SMILES string of the molecule is O=S(=O)([O-])C(F)(F)C(F)(F)C(F)(F)CCCCCCCCC(F)(F)F.c1cc[nH+]cc1. The van der Waals surface area contributed by atoms with Gasteiger partial charge in [-0.1, -0.05) is 31.7 Å². The van der Waals surface area contributed by atoms with Gasteiger partial charge in [-0.2, -0.15) is 39.5 Å². The summed E-state index contributed by atoms with van der Waals surface area (Å²) < 4.78 is 144. The van der Waals surface area contributed by atoms with Crippen LogP contribution in [-0.4, -0.2) is 36.2 Å². The molecule has 1 heterocycles. The first-order valence-corrected chi connectivity index (χ1v) is 10.4. The van der Waals surface area contributed by atoms with Crippen LogP contribution >= 0.6 is 0 Å². The molecule has 14 heteroatoms. The highest BCUT2D eigenvalue weighted by Crippen LogP contribution is 2.50. The number of aromatic amines is 1. The fourth-order valence-electron chi connectivity index (χ4n) is 2.25. The summed E-state index contributed by atoms with van der Waals surface area (Å²) in [5.74, 6) is -11.8. The van der Waals surface area contributed by atoms with Gasteiger partial charge in [0.1, 0.15) is 0 Å². The van der Waals surface area contributed by atoms with Crippen molar-refractivity contribution in [1.29, 1.82) is 0 Å². The smallest absolute Gasteiger partial charge is 0.402 e. The van der Waals surface area contributed by atoms with Crippen LogP contribution < -0.4 is 4.98 Å². The molecule has 0 fully saturated rings. The van der Waals surface area contributed by atoms with Crippen molar-refractivity contribution in [2.45, 2.75) is 74.6 Å². The van der Waals surface area contributed by atoms with Gasteiger partial charge in [-0.15, -0.1) is 0 Å². The van der Waals surface area contributed by atoms with Gasteiger partial charge in [0.25, 0.3) is 0 Å². The van der Waals surface area contributed by atoms with E-state index in [0.29, 0.717) is 0 Å². The first-order valence-electron chi connectivity index (χ1n) is 9.02. The molecular formula is C17H22F9NO3S. The molecule has 4 nitrogen and oxygen atoms in total. The monoisotopic (exact) mass is 491 g/mol. The molecule has 0 amide bonds. The topological polar surface area (TPSA) is 71.3 Å². The van der Waals surface area contributed by atoms with Crippen LogP contribution in [-0.2, 0) is 10.1 Å². The molecule has 0 aliphatic heterocycles. The number of unbranched alkanes of at least 4 members (excludes halogenated alkanes) is 5. The van der Waals surface area contributed by atoms with Crippen LogP contribution in [0.15, 0.2) is 30.6 Å². The normalized spacial score (nSPS) is 13.5. The van der Waals surface area contributed by atoms with Crippen LogP contribution in [0.4, 0.5) is 39.5 Å². The molecule has 0 spiro atoms.